The SMILES string of the molecule is O=C(NCCCc1ccccc1)c1cccc(C(=O)N2CCCCC2)c1. The van der Waals surface area contributed by atoms with Crippen LogP contribution in [-0.2, 0) is 6.42 Å². The van der Waals surface area contributed by atoms with Crippen LogP contribution in [-0.4, -0.2) is 36.3 Å². The van der Waals surface area contributed by atoms with Crippen molar-refractivity contribution in [2.45, 2.75) is 32.1 Å². The number of aryl methyl sites for hydroxylation is 1. The maximum Gasteiger partial charge on any atom is 0.253 e. The van der Waals surface area contributed by atoms with Crippen molar-refractivity contribution < 1.29 is 9.59 Å². The van der Waals surface area contributed by atoms with Crippen molar-refractivity contribution in [1.29, 1.82) is 0 Å². The van der Waals surface area contributed by atoms with Crippen LogP contribution in [0.1, 0.15) is 52.0 Å². The fraction of sp³-hybridized carbons (Fsp3) is 0.364. The molecule has 0 saturated carbocycles. The molecule has 0 atom stereocenters. The maximum atomic E-state index is 12.6. The number of amides is 2. The summed E-state index contributed by atoms with van der Waals surface area (Å²) in [6.45, 7) is 2.25. The van der Waals surface area contributed by atoms with Gasteiger partial charge in [0.05, 0.1) is 0 Å². The number of benzene rings is 2. The van der Waals surface area contributed by atoms with Crippen molar-refractivity contribution in [3.8, 4) is 0 Å². The summed E-state index contributed by atoms with van der Waals surface area (Å²) >= 11 is 0. The molecule has 0 aromatic heterocycles. The van der Waals surface area contributed by atoms with Crippen LogP contribution >= 0.6 is 0 Å². The highest BCUT2D eigenvalue weighted by molar-refractivity contribution is 5.99. The van der Waals surface area contributed by atoms with E-state index in [-0.39, 0.29) is 11.8 Å². The van der Waals surface area contributed by atoms with Crippen LogP contribution in [0.4, 0.5) is 0 Å². The van der Waals surface area contributed by atoms with E-state index in [1.165, 1.54) is 12.0 Å². The van der Waals surface area contributed by atoms with E-state index in [0.29, 0.717) is 17.7 Å². The Morgan fingerprint density at radius 1 is 0.885 bits per heavy atom. The number of rotatable bonds is 6. The first-order valence-corrected chi connectivity index (χ1v) is 9.45. The van der Waals surface area contributed by atoms with E-state index in [0.717, 1.165) is 38.8 Å². The molecule has 0 bridgehead atoms. The highest BCUT2D eigenvalue weighted by Crippen LogP contribution is 2.14. The highest BCUT2D eigenvalue weighted by Gasteiger charge is 2.19. The van der Waals surface area contributed by atoms with Crippen LogP contribution in [0.5, 0.6) is 0 Å². The third-order valence-electron chi connectivity index (χ3n) is 4.79. The number of hydrogen-bond donors (Lipinski definition) is 1. The minimum Gasteiger partial charge on any atom is -0.352 e. The van der Waals surface area contributed by atoms with Gasteiger partial charge in [0, 0.05) is 30.8 Å². The van der Waals surface area contributed by atoms with Gasteiger partial charge in [-0.3, -0.25) is 9.59 Å². The van der Waals surface area contributed by atoms with Crippen LogP contribution in [0.3, 0.4) is 0 Å². The van der Waals surface area contributed by atoms with Crippen LogP contribution in [0.2, 0.25) is 0 Å². The number of nitrogens with one attached hydrogen (secondary N) is 1. The third-order valence-corrected chi connectivity index (χ3v) is 4.79. The van der Waals surface area contributed by atoms with Gasteiger partial charge < -0.3 is 10.2 Å². The second kappa shape index (κ2) is 9.18. The van der Waals surface area contributed by atoms with Crippen molar-refractivity contribution in [3.05, 3.63) is 71.3 Å². The van der Waals surface area contributed by atoms with Crippen LogP contribution in [0.15, 0.2) is 54.6 Å². The van der Waals surface area contributed by atoms with Crippen LogP contribution in [0, 0.1) is 0 Å². The predicted octanol–water partition coefficient (Wildman–Crippen LogP) is 3.68. The molecular formula is C22H26N2O2. The molecular weight excluding hydrogens is 324 g/mol. The molecule has 4 heteroatoms. The first kappa shape index (κ1) is 18.2. The fourth-order valence-corrected chi connectivity index (χ4v) is 3.31. The van der Waals surface area contributed by atoms with Gasteiger partial charge in [0.2, 0.25) is 0 Å². The lowest BCUT2D eigenvalue weighted by Crippen LogP contribution is -2.35. The van der Waals surface area contributed by atoms with Gasteiger partial charge in [-0.05, 0) is 55.9 Å². The molecule has 1 fully saturated rings. The van der Waals surface area contributed by atoms with Gasteiger partial charge in [-0.1, -0.05) is 36.4 Å². The van der Waals surface area contributed by atoms with Gasteiger partial charge >= 0.3 is 0 Å². The van der Waals surface area contributed by atoms with E-state index in [2.05, 4.69) is 17.4 Å². The lowest BCUT2D eigenvalue weighted by atomic mass is 10.1. The molecule has 4 nitrogen and oxygen atoms in total. The summed E-state index contributed by atoms with van der Waals surface area (Å²) in [7, 11) is 0. The Kier molecular flexibility index (Phi) is 6.42. The number of likely N-dealkylation sites (tertiary alicyclic amines) is 1. The standard InChI is InChI=1S/C22H26N2O2/c25-21(23-14-8-11-18-9-3-1-4-10-18)19-12-7-13-20(17-19)22(26)24-15-5-2-6-16-24/h1,3-4,7,9-10,12-13,17H,2,5-6,8,11,14-16H2,(H,23,25). The van der Waals surface area contributed by atoms with Crippen molar-refractivity contribution >= 4 is 11.8 Å². The summed E-state index contributed by atoms with van der Waals surface area (Å²) in [5, 5.41) is 2.95. The Labute approximate surface area is 155 Å². The van der Waals surface area contributed by atoms with E-state index in [1.807, 2.05) is 23.1 Å². The maximum absolute atomic E-state index is 12.6. The summed E-state index contributed by atoms with van der Waals surface area (Å²) in [6.07, 6.45) is 5.15. The first-order chi connectivity index (χ1) is 12.7. The second-order valence-corrected chi connectivity index (χ2v) is 6.78. The summed E-state index contributed by atoms with van der Waals surface area (Å²) < 4.78 is 0. The minimum absolute atomic E-state index is 0.0310. The summed E-state index contributed by atoms with van der Waals surface area (Å²) in [6, 6.07) is 17.3. The third kappa shape index (κ3) is 4.94. The topological polar surface area (TPSA) is 49.4 Å². The molecule has 26 heavy (non-hydrogen) atoms. The number of nitrogens with zero attached hydrogens (tertiary/aromatic N) is 1. The molecule has 1 aliphatic rings. The normalized spacial score (nSPS) is 14.1. The minimum atomic E-state index is -0.119. The van der Waals surface area contributed by atoms with Gasteiger partial charge in [0.25, 0.3) is 11.8 Å². The summed E-state index contributed by atoms with van der Waals surface area (Å²) in [5.74, 6) is -0.0882. The van der Waals surface area contributed by atoms with Crippen molar-refractivity contribution in [2.24, 2.45) is 0 Å². The lowest BCUT2D eigenvalue weighted by Gasteiger charge is -2.26. The summed E-state index contributed by atoms with van der Waals surface area (Å²) in [4.78, 5) is 26.8. The Balaban J connectivity index is 1.52. The molecule has 2 aromatic rings. The lowest BCUT2D eigenvalue weighted by molar-refractivity contribution is 0.0724. The molecule has 2 amide bonds. The van der Waals surface area contributed by atoms with E-state index in [4.69, 9.17) is 0 Å². The monoisotopic (exact) mass is 350 g/mol. The Bertz CT molecular complexity index is 737. The van der Waals surface area contributed by atoms with E-state index < -0.39 is 0 Å². The van der Waals surface area contributed by atoms with Crippen LogP contribution < -0.4 is 5.32 Å². The highest BCUT2D eigenvalue weighted by atomic mass is 16.2. The van der Waals surface area contributed by atoms with Gasteiger partial charge in [0.15, 0.2) is 0 Å². The fourth-order valence-electron chi connectivity index (χ4n) is 3.31. The number of carbonyl (C=O) groups is 2. The second-order valence-electron chi connectivity index (χ2n) is 6.78. The van der Waals surface area contributed by atoms with Crippen molar-refractivity contribution in [2.75, 3.05) is 19.6 Å². The smallest absolute Gasteiger partial charge is 0.253 e. The average molecular weight is 350 g/mol. The van der Waals surface area contributed by atoms with Gasteiger partial charge in [-0.2, -0.15) is 0 Å². The number of hydrogen-bond acceptors (Lipinski definition) is 2. The number of piperidine rings is 1. The summed E-state index contributed by atoms with van der Waals surface area (Å²) in [5.41, 5.74) is 2.42. The largest absolute Gasteiger partial charge is 0.352 e. The molecule has 1 N–H and O–H groups in total. The Morgan fingerprint density at radius 2 is 1.62 bits per heavy atom. The van der Waals surface area contributed by atoms with Gasteiger partial charge in [0.1, 0.15) is 0 Å². The molecule has 0 radical (unpaired) electrons. The average Bonchev–Trinajstić information content (AvgIpc) is 2.72. The van der Waals surface area contributed by atoms with Crippen LogP contribution in [0.25, 0.3) is 0 Å². The molecule has 3 rings (SSSR count). The Morgan fingerprint density at radius 3 is 2.38 bits per heavy atom. The van der Waals surface area contributed by atoms with E-state index in [9.17, 15) is 9.59 Å². The zero-order chi connectivity index (χ0) is 18.2. The molecule has 0 aliphatic carbocycles. The molecule has 1 heterocycles. The molecule has 1 aliphatic heterocycles. The molecule has 136 valence electrons. The molecule has 0 spiro atoms. The first-order valence-electron chi connectivity index (χ1n) is 9.45. The van der Waals surface area contributed by atoms with Gasteiger partial charge in [-0.15, -0.1) is 0 Å². The van der Waals surface area contributed by atoms with Crippen molar-refractivity contribution in [1.82, 2.24) is 10.2 Å². The van der Waals surface area contributed by atoms with Gasteiger partial charge in [-0.25, -0.2) is 0 Å². The van der Waals surface area contributed by atoms with E-state index in [1.54, 1.807) is 24.3 Å². The predicted molar refractivity (Wildman–Crippen MR) is 103 cm³/mol. The number of carbonyl (C=O) groups excluding carboxylic acids is 2. The zero-order valence-corrected chi connectivity index (χ0v) is 15.1. The molecule has 1 saturated heterocycles. The quantitative estimate of drug-likeness (QED) is 0.808. The van der Waals surface area contributed by atoms with E-state index >= 15 is 0 Å². The van der Waals surface area contributed by atoms with Crippen molar-refractivity contribution in [3.63, 3.8) is 0 Å². The molecule has 0 unspecified atom stereocenters. The Hall–Kier alpha value is -2.62. The molecule has 2 aromatic carbocycles. The zero-order valence-electron chi connectivity index (χ0n) is 15.1.